The minimum Gasteiger partial charge on any atom is -0.454 e. The van der Waals surface area contributed by atoms with E-state index in [2.05, 4.69) is 23.2 Å². The van der Waals surface area contributed by atoms with Crippen molar-refractivity contribution in [2.24, 2.45) is 0 Å². The first kappa shape index (κ1) is 13.7. The molecule has 5 heteroatoms. The molecule has 20 heavy (non-hydrogen) atoms. The van der Waals surface area contributed by atoms with E-state index in [-0.39, 0.29) is 6.10 Å². The quantitative estimate of drug-likeness (QED) is 0.877. The van der Waals surface area contributed by atoms with Crippen LogP contribution in [0.25, 0.3) is 0 Å². The summed E-state index contributed by atoms with van der Waals surface area (Å²) in [5.41, 5.74) is 1.14. The lowest BCUT2D eigenvalue weighted by Crippen LogP contribution is -2.46. The third-order valence-corrected chi connectivity index (χ3v) is 3.84. The van der Waals surface area contributed by atoms with Gasteiger partial charge in [0.05, 0.1) is 12.7 Å². The van der Waals surface area contributed by atoms with E-state index in [0.29, 0.717) is 6.79 Å². The molecule has 110 valence electrons. The summed E-state index contributed by atoms with van der Waals surface area (Å²) < 4.78 is 16.7. The minimum absolute atomic E-state index is 0.276. The van der Waals surface area contributed by atoms with Crippen LogP contribution in [0.3, 0.4) is 0 Å². The maximum Gasteiger partial charge on any atom is 0.231 e. The fourth-order valence-electron chi connectivity index (χ4n) is 2.69. The predicted octanol–water partition coefficient (Wildman–Crippen LogP) is 1.23. The van der Waals surface area contributed by atoms with E-state index in [1.165, 1.54) is 0 Å². The topological polar surface area (TPSA) is 43.0 Å². The van der Waals surface area contributed by atoms with Gasteiger partial charge in [0, 0.05) is 31.7 Å². The van der Waals surface area contributed by atoms with Gasteiger partial charge in [0.1, 0.15) is 0 Å². The summed E-state index contributed by atoms with van der Waals surface area (Å²) >= 11 is 0. The van der Waals surface area contributed by atoms with E-state index in [1.807, 2.05) is 12.1 Å². The smallest absolute Gasteiger partial charge is 0.231 e. The molecule has 1 aromatic rings. The Morgan fingerprint density at radius 3 is 3.20 bits per heavy atom. The van der Waals surface area contributed by atoms with E-state index in [9.17, 15) is 0 Å². The Hall–Kier alpha value is -1.30. The van der Waals surface area contributed by atoms with Crippen LogP contribution in [0.5, 0.6) is 11.5 Å². The number of rotatable bonds is 5. The first-order valence-electron chi connectivity index (χ1n) is 7.29. The average molecular weight is 278 g/mol. The molecular weight excluding hydrogens is 256 g/mol. The number of benzene rings is 1. The highest BCUT2D eigenvalue weighted by molar-refractivity contribution is 5.48. The second kappa shape index (κ2) is 6.43. The summed E-state index contributed by atoms with van der Waals surface area (Å²) in [6.07, 6.45) is 0.276. The highest BCUT2D eigenvalue weighted by Crippen LogP contribution is 2.35. The molecule has 0 bridgehead atoms. The molecule has 1 unspecified atom stereocenters. The Labute approximate surface area is 119 Å². The van der Waals surface area contributed by atoms with E-state index >= 15 is 0 Å². The van der Waals surface area contributed by atoms with Crippen LogP contribution in [0.1, 0.15) is 12.5 Å². The third-order valence-electron chi connectivity index (χ3n) is 3.84. The highest BCUT2D eigenvalue weighted by Gasteiger charge is 2.20. The van der Waals surface area contributed by atoms with Gasteiger partial charge < -0.3 is 19.5 Å². The molecule has 0 spiro atoms. The van der Waals surface area contributed by atoms with Gasteiger partial charge >= 0.3 is 0 Å². The summed E-state index contributed by atoms with van der Waals surface area (Å²) in [5, 5.41) is 3.46. The van der Waals surface area contributed by atoms with Crippen molar-refractivity contribution >= 4 is 0 Å². The third kappa shape index (κ3) is 3.06. The molecule has 1 N–H and O–H groups in total. The SMILES string of the molecule is CCN1CCOC(CNCc2cccc3c2OCO3)C1. The zero-order valence-electron chi connectivity index (χ0n) is 11.9. The highest BCUT2D eigenvalue weighted by atomic mass is 16.7. The molecular formula is C15H22N2O3. The van der Waals surface area contributed by atoms with Crippen LogP contribution in [-0.4, -0.2) is 50.6 Å². The van der Waals surface area contributed by atoms with Crippen molar-refractivity contribution < 1.29 is 14.2 Å². The van der Waals surface area contributed by atoms with E-state index in [4.69, 9.17) is 14.2 Å². The van der Waals surface area contributed by atoms with E-state index < -0.39 is 0 Å². The molecule has 0 saturated carbocycles. The molecule has 1 fully saturated rings. The predicted molar refractivity (Wildman–Crippen MR) is 76.1 cm³/mol. The second-order valence-electron chi connectivity index (χ2n) is 5.17. The van der Waals surface area contributed by atoms with Crippen LogP contribution in [0.2, 0.25) is 0 Å². The standard InChI is InChI=1S/C15H22N2O3/c1-2-17-6-7-18-13(10-17)9-16-8-12-4-3-5-14-15(12)20-11-19-14/h3-5,13,16H,2,6-11H2,1H3. The normalized spacial score (nSPS) is 22.1. The van der Waals surface area contributed by atoms with Crippen molar-refractivity contribution in [3.05, 3.63) is 23.8 Å². The molecule has 0 aliphatic carbocycles. The monoisotopic (exact) mass is 278 g/mol. The van der Waals surface area contributed by atoms with Crippen molar-refractivity contribution in [2.45, 2.75) is 19.6 Å². The summed E-state index contributed by atoms with van der Waals surface area (Å²) in [4.78, 5) is 2.42. The first-order valence-corrected chi connectivity index (χ1v) is 7.29. The van der Waals surface area contributed by atoms with Gasteiger partial charge in [-0.1, -0.05) is 19.1 Å². The number of nitrogens with zero attached hydrogens (tertiary/aromatic N) is 1. The Balaban J connectivity index is 1.49. The Morgan fingerprint density at radius 1 is 1.35 bits per heavy atom. The molecule has 0 aromatic heterocycles. The maximum atomic E-state index is 5.78. The molecule has 3 rings (SSSR count). The van der Waals surface area contributed by atoms with Crippen molar-refractivity contribution in [3.8, 4) is 11.5 Å². The lowest BCUT2D eigenvalue weighted by molar-refractivity contribution is -0.0253. The van der Waals surface area contributed by atoms with Gasteiger partial charge in [-0.05, 0) is 12.6 Å². The van der Waals surface area contributed by atoms with Crippen LogP contribution >= 0.6 is 0 Å². The molecule has 5 nitrogen and oxygen atoms in total. The van der Waals surface area contributed by atoms with Crippen LogP contribution in [0, 0.1) is 0 Å². The molecule has 1 saturated heterocycles. The average Bonchev–Trinajstić information content (AvgIpc) is 2.97. The molecule has 0 amide bonds. The van der Waals surface area contributed by atoms with Gasteiger partial charge in [-0.3, -0.25) is 4.90 Å². The molecule has 1 aromatic carbocycles. The summed E-state index contributed by atoms with van der Waals surface area (Å²) in [7, 11) is 0. The molecule has 1 atom stereocenters. The zero-order chi connectivity index (χ0) is 13.8. The van der Waals surface area contributed by atoms with Crippen LogP contribution < -0.4 is 14.8 Å². The van der Waals surface area contributed by atoms with Gasteiger partial charge in [-0.2, -0.15) is 0 Å². The van der Waals surface area contributed by atoms with Gasteiger partial charge in [-0.15, -0.1) is 0 Å². The number of fused-ring (bicyclic) bond motifs is 1. The molecule has 2 heterocycles. The number of likely N-dealkylation sites (N-methyl/N-ethyl adjacent to an activating group) is 1. The largest absolute Gasteiger partial charge is 0.454 e. The van der Waals surface area contributed by atoms with Crippen LogP contribution in [0.4, 0.5) is 0 Å². The van der Waals surface area contributed by atoms with Crippen molar-refractivity contribution in [3.63, 3.8) is 0 Å². The Kier molecular flexibility index (Phi) is 4.40. The van der Waals surface area contributed by atoms with Gasteiger partial charge in [0.15, 0.2) is 11.5 Å². The molecule has 2 aliphatic rings. The molecule has 0 radical (unpaired) electrons. The number of nitrogens with one attached hydrogen (secondary N) is 1. The van der Waals surface area contributed by atoms with Crippen molar-refractivity contribution in [1.29, 1.82) is 0 Å². The van der Waals surface area contributed by atoms with Crippen molar-refractivity contribution in [1.82, 2.24) is 10.2 Å². The van der Waals surface area contributed by atoms with Crippen LogP contribution in [-0.2, 0) is 11.3 Å². The van der Waals surface area contributed by atoms with Crippen LogP contribution in [0.15, 0.2) is 18.2 Å². The van der Waals surface area contributed by atoms with Gasteiger partial charge in [-0.25, -0.2) is 0 Å². The minimum atomic E-state index is 0.276. The lowest BCUT2D eigenvalue weighted by Gasteiger charge is -2.32. The molecule has 2 aliphatic heterocycles. The first-order chi connectivity index (χ1) is 9.86. The van der Waals surface area contributed by atoms with Gasteiger partial charge in [0.25, 0.3) is 0 Å². The Morgan fingerprint density at radius 2 is 2.30 bits per heavy atom. The summed E-state index contributed by atoms with van der Waals surface area (Å²) in [5.74, 6) is 1.72. The van der Waals surface area contributed by atoms with E-state index in [0.717, 1.165) is 56.4 Å². The number of hydrogen-bond acceptors (Lipinski definition) is 5. The summed E-state index contributed by atoms with van der Waals surface area (Å²) in [6.45, 7) is 8.14. The van der Waals surface area contributed by atoms with E-state index in [1.54, 1.807) is 0 Å². The number of hydrogen-bond donors (Lipinski definition) is 1. The number of morpholine rings is 1. The van der Waals surface area contributed by atoms with Gasteiger partial charge in [0.2, 0.25) is 6.79 Å². The second-order valence-corrected chi connectivity index (χ2v) is 5.17. The Bertz CT molecular complexity index is 453. The number of para-hydroxylation sites is 1. The fraction of sp³-hybridized carbons (Fsp3) is 0.600. The fourth-order valence-corrected chi connectivity index (χ4v) is 2.69. The summed E-state index contributed by atoms with van der Waals surface area (Å²) in [6, 6.07) is 6.01. The number of ether oxygens (including phenoxy) is 3. The zero-order valence-corrected chi connectivity index (χ0v) is 11.9. The van der Waals surface area contributed by atoms with Crippen molar-refractivity contribution in [2.75, 3.05) is 39.6 Å². The lowest BCUT2D eigenvalue weighted by atomic mass is 10.2. The maximum absolute atomic E-state index is 5.78.